The maximum absolute atomic E-state index is 9.41. The highest BCUT2D eigenvalue weighted by Gasteiger charge is 2.32. The lowest BCUT2D eigenvalue weighted by molar-refractivity contribution is 0.0149. The summed E-state index contributed by atoms with van der Waals surface area (Å²) in [4.78, 5) is 0. The van der Waals surface area contributed by atoms with Crippen LogP contribution in [-0.4, -0.2) is 0 Å². The summed E-state index contributed by atoms with van der Waals surface area (Å²) >= 11 is 0. The van der Waals surface area contributed by atoms with E-state index in [9.17, 15) is 1.37 Å². The molecule has 0 aromatic heterocycles. The van der Waals surface area contributed by atoms with Gasteiger partial charge in [-0.15, -0.1) is 0 Å². The van der Waals surface area contributed by atoms with Crippen molar-refractivity contribution in [2.24, 2.45) is 0 Å². The third-order valence-corrected chi connectivity index (χ3v) is 4.16. The fourth-order valence-electron chi connectivity index (χ4n) is 3.12. The second kappa shape index (κ2) is 5.78. The summed E-state index contributed by atoms with van der Waals surface area (Å²) in [6.07, 6.45) is -0.319. The van der Waals surface area contributed by atoms with Crippen LogP contribution in [0.25, 0.3) is 0 Å². The predicted molar refractivity (Wildman–Crippen MR) is 88.7 cm³/mol. The predicted octanol–water partition coefficient (Wildman–Crippen LogP) is 5.09. The molecule has 0 bridgehead atoms. The fraction of sp³-hybridized carbons (Fsp3) is 0.143. The number of ether oxygens (including phenoxy) is 1. The summed E-state index contributed by atoms with van der Waals surface area (Å²) in [5.74, 6) is -0.947. The molecule has 1 aliphatic rings. The van der Waals surface area contributed by atoms with Crippen LogP contribution in [0.4, 0.5) is 0 Å². The molecule has 1 nitrogen and oxygen atoms in total. The molecule has 22 heavy (non-hydrogen) atoms. The first kappa shape index (κ1) is 12.2. The van der Waals surface area contributed by atoms with E-state index in [0.717, 1.165) is 22.3 Å². The van der Waals surface area contributed by atoms with Gasteiger partial charge in [-0.05, 0) is 22.3 Å². The molecule has 1 aliphatic heterocycles. The van der Waals surface area contributed by atoms with Crippen LogP contribution in [0.2, 0.25) is 0 Å². The molecule has 1 heteroatoms. The van der Waals surface area contributed by atoms with Gasteiger partial charge in [-0.2, -0.15) is 0 Å². The molecule has 0 radical (unpaired) electrons. The maximum atomic E-state index is 9.41. The van der Waals surface area contributed by atoms with Gasteiger partial charge >= 0.3 is 0 Å². The lowest BCUT2D eigenvalue weighted by atomic mass is 9.80. The van der Waals surface area contributed by atoms with Crippen molar-refractivity contribution in [2.75, 3.05) is 0 Å². The molecule has 0 aliphatic carbocycles. The lowest BCUT2D eigenvalue weighted by Gasteiger charge is -2.34. The van der Waals surface area contributed by atoms with Crippen LogP contribution in [0.1, 0.15) is 35.6 Å². The van der Waals surface area contributed by atoms with Crippen molar-refractivity contribution in [2.45, 2.75) is 18.6 Å². The standard InChI is InChI=1S/C21H18O/c1-3-9-16(10-4-1)20-19-14-8-7-13-18(19)15-22-21(20)17-11-5-2-6-12-17/h1-14,20-21H,15H2/t20-,21+/m1/s1/i20D. The van der Waals surface area contributed by atoms with Gasteiger partial charge in [0.25, 0.3) is 0 Å². The van der Waals surface area contributed by atoms with Crippen LogP contribution < -0.4 is 0 Å². The van der Waals surface area contributed by atoms with Crippen molar-refractivity contribution in [1.82, 2.24) is 0 Å². The first-order valence-electron chi connectivity index (χ1n) is 8.10. The maximum Gasteiger partial charge on any atom is 0.0938 e. The van der Waals surface area contributed by atoms with Crippen molar-refractivity contribution < 1.29 is 6.11 Å². The molecule has 0 fully saturated rings. The number of benzene rings is 3. The van der Waals surface area contributed by atoms with E-state index in [1.54, 1.807) is 0 Å². The number of hydrogen-bond acceptors (Lipinski definition) is 1. The highest BCUT2D eigenvalue weighted by molar-refractivity contribution is 5.42. The van der Waals surface area contributed by atoms with E-state index < -0.39 is 5.89 Å². The third-order valence-electron chi connectivity index (χ3n) is 4.16. The van der Waals surface area contributed by atoms with Gasteiger partial charge in [-0.3, -0.25) is 0 Å². The second-order valence-corrected chi connectivity index (χ2v) is 5.54. The minimum atomic E-state index is -0.947. The first-order chi connectivity index (χ1) is 11.3. The number of fused-ring (bicyclic) bond motifs is 1. The average Bonchev–Trinajstić information content (AvgIpc) is 2.64. The van der Waals surface area contributed by atoms with E-state index in [-0.39, 0.29) is 6.10 Å². The second-order valence-electron chi connectivity index (χ2n) is 5.54. The molecule has 0 amide bonds. The van der Waals surface area contributed by atoms with Crippen LogP contribution in [0.5, 0.6) is 0 Å². The summed E-state index contributed by atoms with van der Waals surface area (Å²) in [5, 5.41) is 0. The highest BCUT2D eigenvalue weighted by atomic mass is 16.5. The van der Waals surface area contributed by atoms with Gasteiger partial charge in [-0.25, -0.2) is 0 Å². The van der Waals surface area contributed by atoms with Gasteiger partial charge < -0.3 is 4.74 Å². The average molecular weight is 287 g/mol. The van der Waals surface area contributed by atoms with E-state index in [2.05, 4.69) is 12.1 Å². The highest BCUT2D eigenvalue weighted by Crippen LogP contribution is 2.44. The van der Waals surface area contributed by atoms with E-state index in [1.807, 2.05) is 72.8 Å². The van der Waals surface area contributed by atoms with Gasteiger partial charge in [0.05, 0.1) is 12.7 Å². The van der Waals surface area contributed by atoms with Gasteiger partial charge in [0.15, 0.2) is 0 Å². The number of rotatable bonds is 2. The molecule has 0 saturated carbocycles. The Morgan fingerprint density at radius 1 is 0.727 bits per heavy atom. The molecule has 0 unspecified atom stereocenters. The van der Waals surface area contributed by atoms with Crippen LogP contribution in [0, 0.1) is 0 Å². The molecule has 3 aromatic rings. The summed E-state index contributed by atoms with van der Waals surface area (Å²) in [6.45, 7) is 0.545. The third kappa shape index (κ3) is 2.34. The molecule has 4 rings (SSSR count). The van der Waals surface area contributed by atoms with Crippen molar-refractivity contribution >= 4 is 0 Å². The summed E-state index contributed by atoms with van der Waals surface area (Å²) in [6, 6.07) is 28.3. The van der Waals surface area contributed by atoms with Crippen molar-refractivity contribution in [3.05, 3.63) is 107 Å². The molecule has 0 spiro atoms. The zero-order chi connectivity index (χ0) is 15.7. The molecule has 0 N–H and O–H groups in total. The Labute approximate surface area is 132 Å². The summed E-state index contributed by atoms with van der Waals surface area (Å²) in [7, 11) is 0. The Morgan fingerprint density at radius 2 is 1.32 bits per heavy atom. The summed E-state index contributed by atoms with van der Waals surface area (Å²) < 4.78 is 15.6. The smallest absolute Gasteiger partial charge is 0.0938 e. The normalized spacial score (nSPS) is 24.4. The molecule has 0 saturated heterocycles. The Balaban J connectivity index is 1.94. The molecule has 3 aromatic carbocycles. The zero-order valence-corrected chi connectivity index (χ0v) is 12.3. The molecule has 1 heterocycles. The quantitative estimate of drug-likeness (QED) is 0.638. The summed E-state index contributed by atoms with van der Waals surface area (Å²) in [5.41, 5.74) is 4.13. The Hall–Kier alpha value is -2.38. The Morgan fingerprint density at radius 3 is 2.05 bits per heavy atom. The van der Waals surface area contributed by atoms with Crippen LogP contribution in [0.3, 0.4) is 0 Å². The monoisotopic (exact) mass is 287 g/mol. The Bertz CT molecular complexity index is 800. The van der Waals surface area contributed by atoms with Crippen molar-refractivity contribution in [1.29, 1.82) is 0 Å². The molecular formula is C21H18O. The van der Waals surface area contributed by atoms with Gasteiger partial charge in [0.2, 0.25) is 0 Å². The van der Waals surface area contributed by atoms with Gasteiger partial charge in [0, 0.05) is 7.26 Å². The van der Waals surface area contributed by atoms with Crippen LogP contribution in [0.15, 0.2) is 84.9 Å². The van der Waals surface area contributed by atoms with E-state index in [4.69, 9.17) is 4.74 Å². The van der Waals surface area contributed by atoms with Crippen LogP contribution >= 0.6 is 0 Å². The van der Waals surface area contributed by atoms with Crippen molar-refractivity contribution in [3.8, 4) is 0 Å². The number of hydrogen-bond donors (Lipinski definition) is 0. The van der Waals surface area contributed by atoms with Gasteiger partial charge in [-0.1, -0.05) is 84.9 Å². The van der Waals surface area contributed by atoms with E-state index in [0.29, 0.717) is 6.61 Å². The molecule has 2 atom stereocenters. The van der Waals surface area contributed by atoms with Gasteiger partial charge in [0.1, 0.15) is 0 Å². The minimum Gasteiger partial charge on any atom is -0.368 e. The Kier molecular flexibility index (Phi) is 3.20. The minimum absolute atomic E-state index is 0.319. The van der Waals surface area contributed by atoms with Crippen LogP contribution in [-0.2, 0) is 11.3 Å². The topological polar surface area (TPSA) is 9.23 Å². The SMILES string of the molecule is [2H][C@@]1(c2ccccc2)c2ccccc2CO[C@H]1c1ccccc1. The zero-order valence-electron chi connectivity index (χ0n) is 13.3. The van der Waals surface area contributed by atoms with E-state index >= 15 is 0 Å². The fourth-order valence-corrected chi connectivity index (χ4v) is 3.12. The van der Waals surface area contributed by atoms with Crippen molar-refractivity contribution in [3.63, 3.8) is 0 Å². The van der Waals surface area contributed by atoms with E-state index in [1.165, 1.54) is 0 Å². The molecular weight excluding hydrogens is 268 g/mol. The largest absolute Gasteiger partial charge is 0.368 e. The molecule has 108 valence electrons. The lowest BCUT2D eigenvalue weighted by Crippen LogP contribution is -2.22. The first-order valence-corrected chi connectivity index (χ1v) is 7.60.